The lowest BCUT2D eigenvalue weighted by Gasteiger charge is -2.07. The van der Waals surface area contributed by atoms with Gasteiger partial charge < -0.3 is 5.32 Å². The molecule has 8 heteroatoms. The molecule has 2 rings (SSSR count). The first kappa shape index (κ1) is 17.3. The van der Waals surface area contributed by atoms with E-state index in [-0.39, 0.29) is 5.91 Å². The van der Waals surface area contributed by atoms with E-state index in [0.29, 0.717) is 35.8 Å². The van der Waals surface area contributed by atoms with Gasteiger partial charge in [0.15, 0.2) is 5.69 Å². The minimum absolute atomic E-state index is 0.255. The first-order valence-corrected chi connectivity index (χ1v) is 7.30. The number of aromatic nitrogens is 2. The van der Waals surface area contributed by atoms with Crippen molar-refractivity contribution in [1.82, 2.24) is 15.1 Å². The number of hydrogen-bond donors (Lipinski definition) is 1. The second-order valence-electron chi connectivity index (χ2n) is 5.01. The highest BCUT2D eigenvalue weighted by molar-refractivity contribution is 6.30. The fourth-order valence-corrected chi connectivity index (χ4v) is 2.14. The molecule has 0 spiro atoms. The number of aryl methyl sites for hydroxylation is 2. The minimum atomic E-state index is -4.45. The van der Waals surface area contributed by atoms with Crippen LogP contribution < -0.4 is 5.32 Å². The van der Waals surface area contributed by atoms with Gasteiger partial charge >= 0.3 is 6.18 Å². The van der Waals surface area contributed by atoms with Crippen LogP contribution in [0.2, 0.25) is 5.02 Å². The fraction of sp³-hybridized carbons (Fsp3) is 0.333. The molecule has 1 amide bonds. The number of alkyl halides is 3. The molecule has 0 aliphatic rings. The molecule has 4 nitrogen and oxygen atoms in total. The summed E-state index contributed by atoms with van der Waals surface area (Å²) in [4.78, 5) is 11.8. The average Bonchev–Trinajstić information content (AvgIpc) is 2.85. The van der Waals surface area contributed by atoms with Crippen molar-refractivity contribution in [1.29, 1.82) is 0 Å². The third-order valence-corrected chi connectivity index (χ3v) is 3.46. The minimum Gasteiger partial charge on any atom is -0.352 e. The van der Waals surface area contributed by atoms with Crippen molar-refractivity contribution in [2.45, 2.75) is 26.1 Å². The van der Waals surface area contributed by atoms with E-state index in [2.05, 4.69) is 10.4 Å². The average molecular weight is 346 g/mol. The van der Waals surface area contributed by atoms with Crippen LogP contribution in [0.5, 0.6) is 0 Å². The maximum Gasteiger partial charge on any atom is 0.435 e. The predicted molar refractivity (Wildman–Crippen MR) is 80.4 cm³/mol. The van der Waals surface area contributed by atoms with Crippen LogP contribution in [0.4, 0.5) is 13.2 Å². The van der Waals surface area contributed by atoms with Gasteiger partial charge in [0.1, 0.15) is 0 Å². The molecule has 1 heterocycles. The van der Waals surface area contributed by atoms with Gasteiger partial charge in [0.2, 0.25) is 0 Å². The number of nitrogens with zero attached hydrogens (tertiary/aromatic N) is 2. The summed E-state index contributed by atoms with van der Waals surface area (Å²) in [7, 11) is 0. The summed E-state index contributed by atoms with van der Waals surface area (Å²) < 4.78 is 38.9. The molecule has 1 aromatic carbocycles. The number of nitrogens with one attached hydrogen (secondary N) is 1. The molecule has 0 radical (unpaired) electrons. The standard InChI is InChI=1S/C15H15ClF3N3O/c1-10-9-13(15(17,18)19)21-22(10)8-2-7-20-14(23)11-3-5-12(16)6-4-11/h3-6,9H,2,7-8H2,1H3,(H,20,23). The molecule has 2 aromatic rings. The SMILES string of the molecule is Cc1cc(C(F)(F)F)nn1CCCNC(=O)c1ccc(Cl)cc1. The van der Waals surface area contributed by atoms with Crippen molar-refractivity contribution in [2.75, 3.05) is 6.54 Å². The zero-order valence-corrected chi connectivity index (χ0v) is 13.1. The van der Waals surface area contributed by atoms with Gasteiger partial charge in [-0.15, -0.1) is 0 Å². The lowest BCUT2D eigenvalue weighted by molar-refractivity contribution is -0.141. The van der Waals surface area contributed by atoms with E-state index < -0.39 is 11.9 Å². The van der Waals surface area contributed by atoms with E-state index in [0.717, 1.165) is 6.07 Å². The lowest BCUT2D eigenvalue weighted by Crippen LogP contribution is -2.25. The topological polar surface area (TPSA) is 46.9 Å². The molecule has 23 heavy (non-hydrogen) atoms. The van der Waals surface area contributed by atoms with Gasteiger partial charge in [-0.3, -0.25) is 9.48 Å². The van der Waals surface area contributed by atoms with Crippen molar-refractivity contribution < 1.29 is 18.0 Å². The van der Waals surface area contributed by atoms with E-state index >= 15 is 0 Å². The predicted octanol–water partition coefficient (Wildman–Crippen LogP) is 3.68. The lowest BCUT2D eigenvalue weighted by atomic mass is 10.2. The molecule has 0 bridgehead atoms. The molecule has 1 N–H and O–H groups in total. The van der Waals surface area contributed by atoms with Gasteiger partial charge in [-0.2, -0.15) is 18.3 Å². The monoisotopic (exact) mass is 345 g/mol. The molecule has 0 fully saturated rings. The molecule has 124 valence electrons. The first-order chi connectivity index (χ1) is 10.8. The molecule has 0 saturated carbocycles. The maximum atomic E-state index is 12.5. The molecule has 0 aliphatic heterocycles. The van der Waals surface area contributed by atoms with E-state index in [1.807, 2.05) is 0 Å². The Morgan fingerprint density at radius 3 is 2.52 bits per heavy atom. The molecular weight excluding hydrogens is 331 g/mol. The normalized spacial score (nSPS) is 11.5. The Morgan fingerprint density at radius 2 is 1.96 bits per heavy atom. The summed E-state index contributed by atoms with van der Waals surface area (Å²) in [5.74, 6) is -0.255. The second kappa shape index (κ2) is 7.04. The third-order valence-electron chi connectivity index (χ3n) is 3.21. The van der Waals surface area contributed by atoms with E-state index in [1.165, 1.54) is 4.68 Å². The fourth-order valence-electron chi connectivity index (χ4n) is 2.01. The van der Waals surface area contributed by atoms with Crippen molar-refractivity contribution in [2.24, 2.45) is 0 Å². The van der Waals surface area contributed by atoms with Crippen LogP contribution in [0.1, 0.15) is 28.2 Å². The Bertz CT molecular complexity index is 680. The quantitative estimate of drug-likeness (QED) is 0.840. The highest BCUT2D eigenvalue weighted by atomic mass is 35.5. The number of hydrogen-bond acceptors (Lipinski definition) is 2. The van der Waals surface area contributed by atoms with Crippen LogP contribution in [-0.4, -0.2) is 22.2 Å². The molecule has 0 saturated heterocycles. The highest BCUT2D eigenvalue weighted by Gasteiger charge is 2.34. The summed E-state index contributed by atoms with van der Waals surface area (Å²) in [6, 6.07) is 7.44. The van der Waals surface area contributed by atoms with Crippen molar-refractivity contribution in [3.05, 3.63) is 52.3 Å². The summed E-state index contributed by atoms with van der Waals surface area (Å²) in [6.45, 7) is 2.19. The van der Waals surface area contributed by atoms with Gasteiger partial charge in [-0.25, -0.2) is 0 Å². The van der Waals surface area contributed by atoms with Crippen molar-refractivity contribution in [3.8, 4) is 0 Å². The largest absolute Gasteiger partial charge is 0.435 e. The summed E-state index contributed by atoms with van der Waals surface area (Å²) in [6.07, 6.45) is -3.97. The van der Waals surface area contributed by atoms with Gasteiger partial charge in [-0.1, -0.05) is 11.6 Å². The molecule has 0 atom stereocenters. The van der Waals surface area contributed by atoms with Crippen molar-refractivity contribution >= 4 is 17.5 Å². The zero-order chi connectivity index (χ0) is 17.0. The van der Waals surface area contributed by atoms with Gasteiger partial charge in [0, 0.05) is 29.4 Å². The Morgan fingerprint density at radius 1 is 1.30 bits per heavy atom. The van der Waals surface area contributed by atoms with Crippen LogP contribution in [0, 0.1) is 6.92 Å². The van der Waals surface area contributed by atoms with Crippen LogP contribution in [-0.2, 0) is 12.7 Å². The Kier molecular flexibility index (Phi) is 5.30. The van der Waals surface area contributed by atoms with Crippen LogP contribution in [0.25, 0.3) is 0 Å². The third kappa shape index (κ3) is 4.72. The zero-order valence-electron chi connectivity index (χ0n) is 12.3. The van der Waals surface area contributed by atoms with Gasteiger partial charge in [0.05, 0.1) is 0 Å². The Balaban J connectivity index is 1.82. The number of amides is 1. The van der Waals surface area contributed by atoms with E-state index in [4.69, 9.17) is 11.6 Å². The molecule has 1 aromatic heterocycles. The Hall–Kier alpha value is -2.02. The van der Waals surface area contributed by atoms with Crippen LogP contribution in [0.15, 0.2) is 30.3 Å². The smallest absolute Gasteiger partial charge is 0.352 e. The summed E-state index contributed by atoms with van der Waals surface area (Å²) in [5.41, 5.74) is 0.00517. The first-order valence-electron chi connectivity index (χ1n) is 6.93. The number of carbonyl (C=O) groups excluding carboxylic acids is 1. The second-order valence-corrected chi connectivity index (χ2v) is 5.44. The molecule has 0 unspecified atom stereocenters. The summed E-state index contributed by atoms with van der Waals surface area (Å²) >= 11 is 5.74. The number of benzene rings is 1. The van der Waals surface area contributed by atoms with Crippen LogP contribution in [0.3, 0.4) is 0 Å². The van der Waals surface area contributed by atoms with Gasteiger partial charge in [-0.05, 0) is 43.7 Å². The molecular formula is C15H15ClF3N3O. The Labute approximate surface area is 136 Å². The number of rotatable bonds is 5. The van der Waals surface area contributed by atoms with E-state index in [1.54, 1.807) is 31.2 Å². The van der Waals surface area contributed by atoms with Crippen LogP contribution >= 0.6 is 11.6 Å². The van der Waals surface area contributed by atoms with E-state index in [9.17, 15) is 18.0 Å². The number of carbonyl (C=O) groups is 1. The highest BCUT2D eigenvalue weighted by Crippen LogP contribution is 2.28. The number of halogens is 4. The molecule has 0 aliphatic carbocycles. The van der Waals surface area contributed by atoms with Gasteiger partial charge in [0.25, 0.3) is 5.91 Å². The van der Waals surface area contributed by atoms with Crippen molar-refractivity contribution in [3.63, 3.8) is 0 Å². The summed E-state index contributed by atoms with van der Waals surface area (Å²) in [5, 5.41) is 6.77. The maximum absolute atomic E-state index is 12.5.